The number of benzene rings is 2. The van der Waals surface area contributed by atoms with Crippen LogP contribution < -0.4 is 14.8 Å². The number of ether oxygens (including phenoxy) is 3. The minimum Gasteiger partial charge on any atom is -0.493 e. The van der Waals surface area contributed by atoms with E-state index in [2.05, 4.69) is 10.3 Å². The molecule has 1 amide bonds. The molecule has 1 aliphatic rings. The van der Waals surface area contributed by atoms with Crippen LogP contribution in [0.15, 0.2) is 66.9 Å². The van der Waals surface area contributed by atoms with Crippen molar-refractivity contribution in [2.75, 3.05) is 19.0 Å². The molecule has 0 aliphatic carbocycles. The van der Waals surface area contributed by atoms with E-state index in [1.807, 2.05) is 30.3 Å². The second-order valence-corrected chi connectivity index (χ2v) is 7.09. The Bertz CT molecular complexity index is 1070. The van der Waals surface area contributed by atoms with E-state index in [1.165, 1.54) is 7.11 Å². The summed E-state index contributed by atoms with van der Waals surface area (Å²) >= 11 is 0. The highest BCUT2D eigenvalue weighted by Gasteiger charge is 2.34. The number of nitrogens with one attached hydrogen (secondary N) is 1. The van der Waals surface area contributed by atoms with E-state index in [-0.39, 0.29) is 37.4 Å². The van der Waals surface area contributed by atoms with Gasteiger partial charge in [0.15, 0.2) is 11.5 Å². The standard InChI is InChI=1S/C24H22N2O5/c1-29-19-11-10-18(24(28)26-20-9-5-6-12-25-20)22-17(15-31-23(19)22)13-21(27)30-14-16-7-3-2-4-8-16/h2-12,17H,13-15H2,1H3,(H,25,26,28). The molecule has 1 aromatic heterocycles. The van der Waals surface area contributed by atoms with Crippen LogP contribution in [-0.4, -0.2) is 30.6 Å². The molecule has 7 heteroatoms. The number of amides is 1. The summed E-state index contributed by atoms with van der Waals surface area (Å²) in [4.78, 5) is 29.6. The summed E-state index contributed by atoms with van der Waals surface area (Å²) in [5.41, 5.74) is 1.97. The van der Waals surface area contributed by atoms with Crippen LogP contribution in [-0.2, 0) is 16.1 Å². The van der Waals surface area contributed by atoms with Gasteiger partial charge in [-0.05, 0) is 29.8 Å². The van der Waals surface area contributed by atoms with Gasteiger partial charge in [-0.3, -0.25) is 9.59 Å². The molecule has 0 saturated heterocycles. The average Bonchev–Trinajstić information content (AvgIpc) is 3.22. The van der Waals surface area contributed by atoms with Crippen molar-refractivity contribution in [3.05, 3.63) is 83.6 Å². The third-order valence-corrected chi connectivity index (χ3v) is 5.02. The van der Waals surface area contributed by atoms with Crippen molar-refractivity contribution in [3.63, 3.8) is 0 Å². The van der Waals surface area contributed by atoms with Gasteiger partial charge in [-0.25, -0.2) is 4.98 Å². The van der Waals surface area contributed by atoms with Crippen LogP contribution in [0.5, 0.6) is 11.5 Å². The Morgan fingerprint density at radius 2 is 1.90 bits per heavy atom. The molecule has 158 valence electrons. The van der Waals surface area contributed by atoms with Gasteiger partial charge >= 0.3 is 5.97 Å². The Morgan fingerprint density at radius 1 is 1.10 bits per heavy atom. The van der Waals surface area contributed by atoms with Gasteiger partial charge in [-0.1, -0.05) is 36.4 Å². The lowest BCUT2D eigenvalue weighted by molar-refractivity contribution is -0.145. The summed E-state index contributed by atoms with van der Waals surface area (Å²) in [7, 11) is 1.54. The summed E-state index contributed by atoms with van der Waals surface area (Å²) in [6.45, 7) is 0.464. The lowest BCUT2D eigenvalue weighted by atomic mass is 9.92. The topological polar surface area (TPSA) is 86.8 Å². The number of pyridine rings is 1. The fourth-order valence-electron chi connectivity index (χ4n) is 3.54. The minimum atomic E-state index is -0.357. The molecule has 1 atom stereocenters. The molecule has 0 saturated carbocycles. The first kappa shape index (κ1) is 20.4. The molecule has 0 fully saturated rings. The van der Waals surface area contributed by atoms with E-state index in [0.29, 0.717) is 28.4 Å². The molecule has 0 radical (unpaired) electrons. The number of fused-ring (bicyclic) bond motifs is 1. The monoisotopic (exact) mass is 418 g/mol. The summed E-state index contributed by atoms with van der Waals surface area (Å²) in [6, 6.07) is 18.1. The van der Waals surface area contributed by atoms with Crippen molar-refractivity contribution in [3.8, 4) is 11.5 Å². The highest BCUT2D eigenvalue weighted by molar-refractivity contribution is 6.06. The number of anilines is 1. The van der Waals surface area contributed by atoms with Crippen molar-refractivity contribution in [1.29, 1.82) is 0 Å². The molecule has 3 aromatic rings. The number of hydrogen-bond donors (Lipinski definition) is 1. The maximum atomic E-state index is 13.0. The van der Waals surface area contributed by atoms with E-state index < -0.39 is 0 Å². The molecule has 2 heterocycles. The zero-order valence-electron chi connectivity index (χ0n) is 17.0. The number of carbonyl (C=O) groups is 2. The summed E-state index contributed by atoms with van der Waals surface area (Å²) < 4.78 is 16.6. The van der Waals surface area contributed by atoms with Crippen molar-refractivity contribution in [2.45, 2.75) is 18.9 Å². The van der Waals surface area contributed by atoms with Gasteiger partial charge < -0.3 is 19.5 Å². The molecule has 31 heavy (non-hydrogen) atoms. The lowest BCUT2D eigenvalue weighted by Crippen LogP contribution is -2.17. The SMILES string of the molecule is COc1ccc(C(=O)Nc2ccccn2)c2c1OCC2CC(=O)OCc1ccccc1. The molecule has 4 rings (SSSR count). The van der Waals surface area contributed by atoms with Gasteiger partial charge in [-0.2, -0.15) is 0 Å². The molecule has 1 N–H and O–H groups in total. The van der Waals surface area contributed by atoms with E-state index in [4.69, 9.17) is 14.2 Å². The first-order valence-electron chi connectivity index (χ1n) is 9.91. The van der Waals surface area contributed by atoms with Crippen LogP contribution >= 0.6 is 0 Å². The zero-order valence-corrected chi connectivity index (χ0v) is 17.0. The molecular formula is C24H22N2O5. The second kappa shape index (κ2) is 9.30. The third-order valence-electron chi connectivity index (χ3n) is 5.02. The molecule has 1 unspecified atom stereocenters. The smallest absolute Gasteiger partial charge is 0.306 e. The van der Waals surface area contributed by atoms with Crippen molar-refractivity contribution >= 4 is 17.7 Å². The maximum Gasteiger partial charge on any atom is 0.306 e. The van der Waals surface area contributed by atoms with Gasteiger partial charge in [-0.15, -0.1) is 0 Å². The Morgan fingerprint density at radius 3 is 2.65 bits per heavy atom. The number of hydrogen-bond acceptors (Lipinski definition) is 6. The second-order valence-electron chi connectivity index (χ2n) is 7.09. The fraction of sp³-hybridized carbons (Fsp3) is 0.208. The molecule has 2 aromatic carbocycles. The molecule has 0 bridgehead atoms. The largest absolute Gasteiger partial charge is 0.493 e. The van der Waals surface area contributed by atoms with E-state index in [0.717, 1.165) is 5.56 Å². The quantitative estimate of drug-likeness (QED) is 0.585. The Kier molecular flexibility index (Phi) is 6.12. The fourth-order valence-corrected chi connectivity index (χ4v) is 3.54. The van der Waals surface area contributed by atoms with Crippen molar-refractivity contribution in [1.82, 2.24) is 4.98 Å². The van der Waals surface area contributed by atoms with Gasteiger partial charge in [0.1, 0.15) is 12.4 Å². The van der Waals surface area contributed by atoms with Crippen LogP contribution in [0.4, 0.5) is 5.82 Å². The predicted molar refractivity (Wildman–Crippen MR) is 114 cm³/mol. The summed E-state index contributed by atoms with van der Waals surface area (Å²) in [6.07, 6.45) is 1.69. The van der Waals surface area contributed by atoms with Gasteiger partial charge in [0.2, 0.25) is 0 Å². The Labute approximate surface area is 180 Å². The highest BCUT2D eigenvalue weighted by Crippen LogP contribution is 2.45. The van der Waals surface area contributed by atoms with Crippen LogP contribution in [0, 0.1) is 0 Å². The van der Waals surface area contributed by atoms with Gasteiger partial charge in [0.25, 0.3) is 5.91 Å². The Balaban J connectivity index is 1.53. The van der Waals surface area contributed by atoms with Crippen LogP contribution in [0.3, 0.4) is 0 Å². The number of esters is 1. The number of carbonyl (C=O) groups excluding carboxylic acids is 2. The average molecular weight is 418 g/mol. The molecule has 1 aliphatic heterocycles. The van der Waals surface area contributed by atoms with E-state index in [1.54, 1.807) is 36.5 Å². The first-order valence-corrected chi connectivity index (χ1v) is 9.91. The summed E-state index contributed by atoms with van der Waals surface area (Å²) in [5.74, 6) is 0.434. The van der Waals surface area contributed by atoms with Gasteiger partial charge in [0, 0.05) is 23.2 Å². The van der Waals surface area contributed by atoms with Crippen molar-refractivity contribution < 1.29 is 23.8 Å². The van der Waals surface area contributed by atoms with E-state index >= 15 is 0 Å². The third kappa shape index (κ3) is 4.66. The molecular weight excluding hydrogens is 396 g/mol. The molecule has 0 spiro atoms. The number of aromatic nitrogens is 1. The van der Waals surface area contributed by atoms with Crippen LogP contribution in [0.25, 0.3) is 0 Å². The number of rotatable bonds is 7. The molecule has 7 nitrogen and oxygen atoms in total. The van der Waals surface area contributed by atoms with Gasteiger partial charge in [0.05, 0.1) is 20.1 Å². The predicted octanol–water partition coefficient (Wildman–Crippen LogP) is 3.95. The van der Waals surface area contributed by atoms with Crippen LogP contribution in [0.1, 0.15) is 33.8 Å². The zero-order chi connectivity index (χ0) is 21.6. The number of nitrogens with zero attached hydrogens (tertiary/aromatic N) is 1. The first-order chi connectivity index (χ1) is 15.2. The summed E-state index contributed by atoms with van der Waals surface area (Å²) in [5, 5.41) is 2.78. The van der Waals surface area contributed by atoms with Crippen molar-refractivity contribution in [2.24, 2.45) is 0 Å². The lowest BCUT2D eigenvalue weighted by Gasteiger charge is -2.14. The maximum absolute atomic E-state index is 13.0. The number of methoxy groups -OCH3 is 1. The normalized spacial score (nSPS) is 14.3. The van der Waals surface area contributed by atoms with E-state index in [9.17, 15) is 9.59 Å². The van der Waals surface area contributed by atoms with Crippen LogP contribution in [0.2, 0.25) is 0 Å². The highest BCUT2D eigenvalue weighted by atomic mass is 16.5. The Hall–Kier alpha value is -3.87. The minimum absolute atomic E-state index is 0.0941.